The minimum absolute atomic E-state index is 0.0477. The number of aromatic nitrogens is 1. The van der Waals surface area contributed by atoms with Crippen LogP contribution >= 0.6 is 11.3 Å². The highest BCUT2D eigenvalue weighted by atomic mass is 32.1. The monoisotopic (exact) mass is 338 g/mol. The summed E-state index contributed by atoms with van der Waals surface area (Å²) in [5, 5.41) is 3.94. The predicted molar refractivity (Wildman–Crippen MR) is 97.3 cm³/mol. The number of nitrogens with zero attached hydrogens (tertiary/aromatic N) is 1. The highest BCUT2D eigenvalue weighted by Gasteiger charge is 2.21. The normalized spacial score (nSPS) is 14.5. The van der Waals surface area contributed by atoms with E-state index in [0.29, 0.717) is 25.6 Å². The van der Waals surface area contributed by atoms with Crippen molar-refractivity contribution in [2.24, 2.45) is 5.92 Å². The van der Waals surface area contributed by atoms with E-state index in [1.165, 1.54) is 10.3 Å². The summed E-state index contributed by atoms with van der Waals surface area (Å²) in [5.41, 5.74) is 4.16. The Morgan fingerprint density at radius 1 is 1.25 bits per heavy atom. The summed E-state index contributed by atoms with van der Waals surface area (Å²) in [6.45, 7) is 3.49. The first-order valence-electron chi connectivity index (χ1n) is 8.02. The molecule has 2 heterocycles. The fourth-order valence-electron chi connectivity index (χ4n) is 2.73. The van der Waals surface area contributed by atoms with Crippen LogP contribution in [-0.4, -0.2) is 24.1 Å². The molecule has 0 atom stereocenters. The summed E-state index contributed by atoms with van der Waals surface area (Å²) >= 11 is 1.69. The van der Waals surface area contributed by atoms with Gasteiger partial charge in [0, 0.05) is 23.6 Å². The minimum atomic E-state index is 0.0477. The number of hydrogen-bond donors (Lipinski definition) is 1. The van der Waals surface area contributed by atoms with Crippen LogP contribution in [0.4, 0.5) is 5.69 Å². The van der Waals surface area contributed by atoms with Gasteiger partial charge in [-0.2, -0.15) is 0 Å². The average Bonchev–Trinajstić information content (AvgIpc) is 2.95. The molecule has 2 aromatic carbocycles. The maximum absolute atomic E-state index is 11.9. The van der Waals surface area contributed by atoms with Crippen LogP contribution in [0.2, 0.25) is 0 Å². The summed E-state index contributed by atoms with van der Waals surface area (Å²) in [6, 6.07) is 14.2. The van der Waals surface area contributed by atoms with E-state index in [1.54, 1.807) is 11.3 Å². The van der Waals surface area contributed by atoms with Crippen LogP contribution in [0.5, 0.6) is 0 Å². The molecule has 0 saturated carbocycles. The SMILES string of the molecule is Cc1ccc2nc(-c3ccc(NC(=O)CC4COC4)cc3)sc2c1. The summed E-state index contributed by atoms with van der Waals surface area (Å²) < 4.78 is 6.30. The van der Waals surface area contributed by atoms with E-state index in [0.717, 1.165) is 21.8 Å². The molecule has 4 nitrogen and oxygen atoms in total. The molecule has 1 fully saturated rings. The van der Waals surface area contributed by atoms with Crippen LogP contribution in [-0.2, 0) is 9.53 Å². The third-order valence-corrected chi connectivity index (χ3v) is 5.21. The number of carbonyl (C=O) groups excluding carboxylic acids is 1. The lowest BCUT2D eigenvalue weighted by atomic mass is 10.0. The van der Waals surface area contributed by atoms with Crippen molar-refractivity contribution in [2.45, 2.75) is 13.3 Å². The van der Waals surface area contributed by atoms with Crippen LogP contribution < -0.4 is 5.32 Å². The number of hydrogen-bond acceptors (Lipinski definition) is 4. The number of carbonyl (C=O) groups is 1. The summed E-state index contributed by atoms with van der Waals surface area (Å²) in [5.74, 6) is 0.419. The van der Waals surface area contributed by atoms with Gasteiger partial charge in [0.15, 0.2) is 0 Å². The highest BCUT2D eigenvalue weighted by molar-refractivity contribution is 7.21. The largest absolute Gasteiger partial charge is 0.381 e. The number of ether oxygens (including phenoxy) is 1. The van der Waals surface area contributed by atoms with Crippen molar-refractivity contribution >= 4 is 33.1 Å². The van der Waals surface area contributed by atoms with Gasteiger partial charge in [-0.15, -0.1) is 11.3 Å². The van der Waals surface area contributed by atoms with Crippen molar-refractivity contribution < 1.29 is 9.53 Å². The summed E-state index contributed by atoms with van der Waals surface area (Å²) in [6.07, 6.45) is 0.527. The van der Waals surface area contributed by atoms with E-state index in [4.69, 9.17) is 9.72 Å². The second-order valence-corrected chi connectivity index (χ2v) is 7.25. The van der Waals surface area contributed by atoms with Gasteiger partial charge in [0.1, 0.15) is 5.01 Å². The first-order chi connectivity index (χ1) is 11.7. The van der Waals surface area contributed by atoms with Crippen LogP contribution in [0.15, 0.2) is 42.5 Å². The molecule has 1 aromatic heterocycles. The Hall–Kier alpha value is -2.24. The van der Waals surface area contributed by atoms with Crippen LogP contribution in [0.1, 0.15) is 12.0 Å². The highest BCUT2D eigenvalue weighted by Crippen LogP contribution is 2.31. The standard InChI is InChI=1S/C19H18N2O2S/c1-12-2-7-16-17(8-12)24-19(21-16)14-3-5-15(6-4-14)20-18(22)9-13-10-23-11-13/h2-8,13H,9-11H2,1H3,(H,20,22). The molecule has 0 unspecified atom stereocenters. The quantitative estimate of drug-likeness (QED) is 0.774. The van der Waals surface area contributed by atoms with Gasteiger partial charge in [-0.05, 0) is 48.9 Å². The van der Waals surface area contributed by atoms with Crippen molar-refractivity contribution in [3.63, 3.8) is 0 Å². The number of anilines is 1. The van der Waals surface area contributed by atoms with E-state index in [9.17, 15) is 4.79 Å². The van der Waals surface area contributed by atoms with Gasteiger partial charge < -0.3 is 10.1 Å². The predicted octanol–water partition coefficient (Wildman–Crippen LogP) is 4.25. The lowest BCUT2D eigenvalue weighted by molar-refractivity contribution is -0.121. The van der Waals surface area contributed by atoms with E-state index in [2.05, 4.69) is 30.4 Å². The van der Waals surface area contributed by atoms with Crippen molar-refractivity contribution in [2.75, 3.05) is 18.5 Å². The molecule has 0 radical (unpaired) electrons. The molecule has 0 spiro atoms. The first kappa shape index (κ1) is 15.3. The van der Waals surface area contributed by atoms with Crippen molar-refractivity contribution in [3.8, 4) is 10.6 Å². The fourth-order valence-corrected chi connectivity index (χ4v) is 3.80. The zero-order chi connectivity index (χ0) is 16.5. The third kappa shape index (κ3) is 3.18. The second kappa shape index (κ2) is 6.34. The molecule has 1 aliphatic heterocycles. The molecule has 0 bridgehead atoms. The number of aryl methyl sites for hydroxylation is 1. The van der Waals surface area contributed by atoms with Gasteiger partial charge in [0.2, 0.25) is 5.91 Å². The number of rotatable bonds is 4. The van der Waals surface area contributed by atoms with E-state index in [1.807, 2.05) is 24.3 Å². The Bertz CT molecular complexity index is 882. The molecule has 122 valence electrons. The maximum atomic E-state index is 11.9. The van der Waals surface area contributed by atoms with Gasteiger partial charge in [0.05, 0.1) is 23.4 Å². The van der Waals surface area contributed by atoms with Crippen LogP contribution in [0.25, 0.3) is 20.8 Å². The minimum Gasteiger partial charge on any atom is -0.381 e. The van der Waals surface area contributed by atoms with E-state index >= 15 is 0 Å². The molecule has 1 N–H and O–H groups in total. The third-order valence-electron chi connectivity index (χ3n) is 4.14. The number of benzene rings is 2. The summed E-state index contributed by atoms with van der Waals surface area (Å²) in [7, 11) is 0. The molecule has 4 rings (SSSR count). The van der Waals surface area contributed by atoms with Crippen molar-refractivity contribution in [3.05, 3.63) is 48.0 Å². The Labute approximate surface area is 144 Å². The topological polar surface area (TPSA) is 51.2 Å². The molecular weight excluding hydrogens is 320 g/mol. The molecule has 24 heavy (non-hydrogen) atoms. The zero-order valence-electron chi connectivity index (χ0n) is 13.4. The Morgan fingerprint density at radius 3 is 2.75 bits per heavy atom. The Morgan fingerprint density at radius 2 is 2.04 bits per heavy atom. The molecule has 1 aliphatic rings. The molecule has 1 saturated heterocycles. The lowest BCUT2D eigenvalue weighted by Crippen LogP contribution is -2.31. The van der Waals surface area contributed by atoms with Crippen molar-refractivity contribution in [1.29, 1.82) is 0 Å². The number of nitrogens with one attached hydrogen (secondary N) is 1. The zero-order valence-corrected chi connectivity index (χ0v) is 14.2. The van der Waals surface area contributed by atoms with Crippen molar-refractivity contribution in [1.82, 2.24) is 4.98 Å². The van der Waals surface area contributed by atoms with E-state index in [-0.39, 0.29) is 5.91 Å². The number of thiazole rings is 1. The molecular formula is C19H18N2O2S. The van der Waals surface area contributed by atoms with E-state index < -0.39 is 0 Å². The van der Waals surface area contributed by atoms with Crippen LogP contribution in [0.3, 0.4) is 0 Å². The second-order valence-electron chi connectivity index (χ2n) is 6.22. The number of amides is 1. The van der Waals surface area contributed by atoms with Gasteiger partial charge in [-0.1, -0.05) is 6.07 Å². The van der Waals surface area contributed by atoms with Gasteiger partial charge in [-0.25, -0.2) is 4.98 Å². The smallest absolute Gasteiger partial charge is 0.224 e. The Balaban J connectivity index is 1.48. The molecule has 1 amide bonds. The maximum Gasteiger partial charge on any atom is 0.224 e. The summed E-state index contributed by atoms with van der Waals surface area (Å²) in [4.78, 5) is 16.6. The van der Waals surface area contributed by atoms with Gasteiger partial charge >= 0.3 is 0 Å². The van der Waals surface area contributed by atoms with Crippen LogP contribution in [0, 0.1) is 12.8 Å². The lowest BCUT2D eigenvalue weighted by Gasteiger charge is -2.25. The fraction of sp³-hybridized carbons (Fsp3) is 0.263. The van der Waals surface area contributed by atoms with Gasteiger partial charge in [0.25, 0.3) is 0 Å². The van der Waals surface area contributed by atoms with Gasteiger partial charge in [-0.3, -0.25) is 4.79 Å². The first-order valence-corrected chi connectivity index (χ1v) is 8.84. The molecule has 0 aliphatic carbocycles. The Kier molecular flexibility index (Phi) is 4.04. The average molecular weight is 338 g/mol. The number of fused-ring (bicyclic) bond motifs is 1. The molecule has 3 aromatic rings. The molecule has 5 heteroatoms.